The molecule has 0 spiro atoms. The second kappa shape index (κ2) is 5.32. The summed E-state index contributed by atoms with van der Waals surface area (Å²) < 4.78 is 0. The van der Waals surface area contributed by atoms with Gasteiger partial charge in [-0.1, -0.05) is 24.3 Å². The number of aryl methyl sites for hydroxylation is 2. The van der Waals surface area contributed by atoms with Gasteiger partial charge in [-0.05, 0) is 36.9 Å². The van der Waals surface area contributed by atoms with Gasteiger partial charge in [0.25, 0.3) is 5.91 Å². The fourth-order valence-electron chi connectivity index (χ4n) is 2.32. The van der Waals surface area contributed by atoms with Gasteiger partial charge < -0.3 is 5.32 Å². The molecule has 3 rings (SSSR count). The topological polar surface area (TPSA) is 54.9 Å². The minimum Gasteiger partial charge on any atom is -0.306 e. The molecule has 104 valence electrons. The van der Waals surface area contributed by atoms with Gasteiger partial charge in [0.1, 0.15) is 5.82 Å². The van der Waals surface area contributed by atoms with E-state index in [4.69, 9.17) is 0 Å². The van der Waals surface area contributed by atoms with Crippen LogP contribution in [0.3, 0.4) is 0 Å². The van der Waals surface area contributed by atoms with E-state index in [2.05, 4.69) is 15.3 Å². The summed E-state index contributed by atoms with van der Waals surface area (Å²) >= 11 is 0. The number of fused-ring (bicyclic) bond motifs is 1. The number of amides is 1. The predicted octanol–water partition coefficient (Wildman–Crippen LogP) is 3.50. The summed E-state index contributed by atoms with van der Waals surface area (Å²) in [5.74, 6) is 0.349. The van der Waals surface area contributed by atoms with E-state index in [-0.39, 0.29) is 5.91 Å². The molecule has 4 heteroatoms. The molecule has 1 N–H and O–H groups in total. The van der Waals surface area contributed by atoms with Gasteiger partial charge in [0.2, 0.25) is 0 Å². The Balaban J connectivity index is 2.00. The fraction of sp³-hybridized carbons (Fsp3) is 0.118. The van der Waals surface area contributed by atoms with Crippen molar-refractivity contribution in [3.8, 4) is 0 Å². The summed E-state index contributed by atoms with van der Waals surface area (Å²) in [6.45, 7) is 3.90. The molecule has 0 saturated heterocycles. The van der Waals surface area contributed by atoms with Crippen molar-refractivity contribution in [1.29, 1.82) is 0 Å². The highest BCUT2D eigenvalue weighted by Crippen LogP contribution is 2.21. The maximum absolute atomic E-state index is 12.5. The molecule has 4 nitrogen and oxygen atoms in total. The first-order valence-corrected chi connectivity index (χ1v) is 6.73. The Morgan fingerprint density at radius 1 is 1.00 bits per heavy atom. The van der Waals surface area contributed by atoms with Gasteiger partial charge in [0.05, 0.1) is 5.56 Å². The highest BCUT2D eigenvalue weighted by atomic mass is 16.1. The van der Waals surface area contributed by atoms with Crippen molar-refractivity contribution in [3.05, 3.63) is 65.6 Å². The van der Waals surface area contributed by atoms with E-state index in [0.29, 0.717) is 11.4 Å². The van der Waals surface area contributed by atoms with Crippen LogP contribution in [0.2, 0.25) is 0 Å². The molecule has 3 aromatic rings. The van der Waals surface area contributed by atoms with Gasteiger partial charge in [-0.25, -0.2) is 4.98 Å². The lowest BCUT2D eigenvalue weighted by Crippen LogP contribution is -2.14. The van der Waals surface area contributed by atoms with Gasteiger partial charge in [0, 0.05) is 23.5 Å². The van der Waals surface area contributed by atoms with Crippen LogP contribution >= 0.6 is 0 Å². The van der Waals surface area contributed by atoms with E-state index in [1.165, 1.54) is 0 Å². The molecular weight excluding hydrogens is 262 g/mol. The standard InChI is InChI=1S/C17H15N3O/c1-11-5-3-7-13-14(11)9-18-10-15(13)17(21)20-16-8-4-6-12(2)19-16/h3-10H,1-2H3,(H,19,20,21). The number of nitrogens with one attached hydrogen (secondary N) is 1. The average Bonchev–Trinajstić information content (AvgIpc) is 2.47. The molecule has 0 aliphatic carbocycles. The van der Waals surface area contributed by atoms with E-state index in [9.17, 15) is 4.79 Å². The largest absolute Gasteiger partial charge is 0.306 e. The molecule has 1 aromatic carbocycles. The summed E-state index contributed by atoms with van der Waals surface area (Å²) in [5, 5.41) is 4.71. The fourth-order valence-corrected chi connectivity index (χ4v) is 2.32. The second-order valence-corrected chi connectivity index (χ2v) is 4.98. The molecule has 1 amide bonds. The quantitative estimate of drug-likeness (QED) is 0.780. The van der Waals surface area contributed by atoms with Crippen LogP contribution in [-0.2, 0) is 0 Å². The third-order valence-electron chi connectivity index (χ3n) is 3.40. The molecule has 2 heterocycles. The lowest BCUT2D eigenvalue weighted by atomic mass is 10.0. The number of hydrogen-bond donors (Lipinski definition) is 1. The summed E-state index contributed by atoms with van der Waals surface area (Å²) in [5.41, 5.74) is 2.52. The molecule has 0 fully saturated rings. The predicted molar refractivity (Wildman–Crippen MR) is 83.4 cm³/mol. The first kappa shape index (κ1) is 13.2. The van der Waals surface area contributed by atoms with E-state index < -0.39 is 0 Å². The third kappa shape index (κ3) is 2.60. The monoisotopic (exact) mass is 277 g/mol. The van der Waals surface area contributed by atoms with Crippen molar-refractivity contribution < 1.29 is 4.79 Å². The Labute approximate surface area is 122 Å². The Morgan fingerprint density at radius 2 is 1.81 bits per heavy atom. The second-order valence-electron chi connectivity index (χ2n) is 4.98. The van der Waals surface area contributed by atoms with Crippen molar-refractivity contribution in [1.82, 2.24) is 9.97 Å². The zero-order valence-corrected chi connectivity index (χ0v) is 11.9. The number of carbonyl (C=O) groups is 1. The van der Waals surface area contributed by atoms with Gasteiger partial charge in [-0.3, -0.25) is 9.78 Å². The Kier molecular flexibility index (Phi) is 3.36. The molecule has 2 aromatic heterocycles. The van der Waals surface area contributed by atoms with E-state index in [1.807, 2.05) is 44.2 Å². The van der Waals surface area contributed by atoms with Gasteiger partial charge in [-0.2, -0.15) is 0 Å². The summed E-state index contributed by atoms with van der Waals surface area (Å²) in [6.07, 6.45) is 3.37. The lowest BCUT2D eigenvalue weighted by molar-refractivity contribution is 0.102. The molecule has 0 aliphatic heterocycles. The minimum absolute atomic E-state index is 0.197. The normalized spacial score (nSPS) is 10.6. The molecule has 0 aliphatic rings. The summed E-state index contributed by atoms with van der Waals surface area (Å²) in [4.78, 5) is 20.9. The maximum atomic E-state index is 12.5. The molecule has 21 heavy (non-hydrogen) atoms. The number of anilines is 1. The highest BCUT2D eigenvalue weighted by molar-refractivity contribution is 6.12. The highest BCUT2D eigenvalue weighted by Gasteiger charge is 2.12. The van der Waals surface area contributed by atoms with E-state index in [1.54, 1.807) is 18.5 Å². The van der Waals surface area contributed by atoms with Crippen LogP contribution in [0.5, 0.6) is 0 Å². The third-order valence-corrected chi connectivity index (χ3v) is 3.40. The number of aromatic nitrogens is 2. The number of rotatable bonds is 2. The maximum Gasteiger partial charge on any atom is 0.259 e. The van der Waals surface area contributed by atoms with Crippen LogP contribution in [0, 0.1) is 13.8 Å². The van der Waals surface area contributed by atoms with Gasteiger partial charge >= 0.3 is 0 Å². The zero-order chi connectivity index (χ0) is 14.8. The van der Waals surface area contributed by atoms with E-state index >= 15 is 0 Å². The van der Waals surface area contributed by atoms with Crippen LogP contribution in [-0.4, -0.2) is 15.9 Å². The minimum atomic E-state index is -0.197. The Hall–Kier alpha value is -2.75. The number of nitrogens with zero attached hydrogens (tertiary/aromatic N) is 2. The molecule has 0 unspecified atom stereocenters. The van der Waals surface area contributed by atoms with Crippen molar-refractivity contribution >= 4 is 22.5 Å². The SMILES string of the molecule is Cc1cccc(NC(=O)c2cncc3c(C)cccc23)n1. The number of carbonyl (C=O) groups excluding carboxylic acids is 1. The molecule has 0 radical (unpaired) electrons. The van der Waals surface area contributed by atoms with Crippen LogP contribution in [0.1, 0.15) is 21.6 Å². The number of hydrogen-bond acceptors (Lipinski definition) is 3. The van der Waals surface area contributed by atoms with Crippen molar-refractivity contribution in [2.75, 3.05) is 5.32 Å². The lowest BCUT2D eigenvalue weighted by Gasteiger charge is -2.08. The molecule has 0 bridgehead atoms. The molecule has 0 saturated carbocycles. The molecule has 0 atom stereocenters. The first-order valence-electron chi connectivity index (χ1n) is 6.73. The van der Waals surface area contributed by atoms with Crippen LogP contribution in [0.4, 0.5) is 5.82 Å². The smallest absolute Gasteiger partial charge is 0.259 e. The molecular formula is C17H15N3O. The summed E-state index contributed by atoms with van der Waals surface area (Å²) in [7, 11) is 0. The number of pyridine rings is 2. The number of benzene rings is 1. The van der Waals surface area contributed by atoms with Gasteiger partial charge in [0.15, 0.2) is 0 Å². The van der Waals surface area contributed by atoms with Gasteiger partial charge in [-0.15, -0.1) is 0 Å². The van der Waals surface area contributed by atoms with E-state index in [0.717, 1.165) is 22.0 Å². The van der Waals surface area contributed by atoms with Crippen LogP contribution < -0.4 is 5.32 Å². The average molecular weight is 277 g/mol. The zero-order valence-electron chi connectivity index (χ0n) is 11.9. The van der Waals surface area contributed by atoms with Crippen molar-refractivity contribution in [2.24, 2.45) is 0 Å². The van der Waals surface area contributed by atoms with Crippen LogP contribution in [0.25, 0.3) is 10.8 Å². The van der Waals surface area contributed by atoms with Crippen molar-refractivity contribution in [2.45, 2.75) is 13.8 Å². The van der Waals surface area contributed by atoms with Crippen molar-refractivity contribution in [3.63, 3.8) is 0 Å². The summed E-state index contributed by atoms with van der Waals surface area (Å²) in [6, 6.07) is 11.4. The van der Waals surface area contributed by atoms with Crippen LogP contribution in [0.15, 0.2) is 48.8 Å². The Bertz CT molecular complexity index is 827. The first-order chi connectivity index (χ1) is 10.1. The Morgan fingerprint density at radius 3 is 2.62 bits per heavy atom.